The minimum Gasteiger partial charge on any atom is -0.462 e. The van der Waals surface area contributed by atoms with Crippen LogP contribution in [0.15, 0.2) is 57.2 Å². The Morgan fingerprint density at radius 3 is 2.69 bits per heavy atom. The quantitative estimate of drug-likeness (QED) is 0.338. The number of nitrogens with zero attached hydrogens (tertiary/aromatic N) is 3. The summed E-state index contributed by atoms with van der Waals surface area (Å²) in [6, 6.07) is 10.5. The lowest BCUT2D eigenvalue weighted by Crippen LogP contribution is -2.14. The largest absolute Gasteiger partial charge is 0.462 e. The molecule has 2 aromatic carbocycles. The summed E-state index contributed by atoms with van der Waals surface area (Å²) in [4.78, 5) is 36.0. The number of benzene rings is 2. The van der Waals surface area contributed by atoms with E-state index in [4.69, 9.17) is 4.74 Å². The second-order valence-corrected chi connectivity index (χ2v) is 7.63. The van der Waals surface area contributed by atoms with E-state index >= 15 is 0 Å². The van der Waals surface area contributed by atoms with Crippen LogP contribution in [0.1, 0.15) is 27.6 Å². The molecule has 3 aromatic rings. The molecule has 0 radical (unpaired) electrons. The average Bonchev–Trinajstić information content (AvgIpc) is 3.22. The Morgan fingerprint density at radius 2 is 2.00 bits per heavy atom. The number of hydrogen-bond acceptors (Lipinski definition) is 9. The summed E-state index contributed by atoms with van der Waals surface area (Å²) in [5.74, 6) is -1.33. The number of ether oxygens (including phenoxy) is 1. The number of nitro benzene ring substituents is 1. The fourth-order valence-corrected chi connectivity index (χ4v) is 3.86. The van der Waals surface area contributed by atoms with Crippen molar-refractivity contribution < 1.29 is 19.2 Å². The number of carbonyl (C=O) groups is 2. The van der Waals surface area contributed by atoms with Crippen LogP contribution in [0, 0.1) is 10.1 Å². The van der Waals surface area contributed by atoms with Gasteiger partial charge in [0, 0.05) is 22.6 Å². The monoisotopic (exact) mass is 430 g/mol. The summed E-state index contributed by atoms with van der Waals surface area (Å²) in [6.45, 7) is 1.73. The normalized spacial score (nSPS) is 10.4. The molecule has 0 aliphatic rings. The molecule has 0 bridgehead atoms. The van der Waals surface area contributed by atoms with Gasteiger partial charge in [0.15, 0.2) is 4.34 Å². The third kappa shape index (κ3) is 5.15. The van der Waals surface area contributed by atoms with Crippen molar-refractivity contribution in [2.75, 3.05) is 11.9 Å². The molecule has 1 amide bonds. The highest BCUT2D eigenvalue weighted by Crippen LogP contribution is 2.34. The highest BCUT2D eigenvalue weighted by molar-refractivity contribution is 8.01. The molecule has 1 heterocycles. The van der Waals surface area contributed by atoms with E-state index < -0.39 is 16.8 Å². The molecule has 9 nitrogen and oxygen atoms in total. The Morgan fingerprint density at radius 1 is 1.24 bits per heavy atom. The fraction of sp³-hybridized carbons (Fsp3) is 0.111. The zero-order chi connectivity index (χ0) is 20.8. The number of nitro groups is 1. The maximum absolute atomic E-state index is 12.8. The number of non-ortho nitro benzene ring substituents is 1. The molecule has 1 aromatic heterocycles. The predicted octanol–water partition coefficient (Wildman–Crippen LogP) is 4.03. The third-order valence-electron chi connectivity index (χ3n) is 3.57. The summed E-state index contributed by atoms with van der Waals surface area (Å²) in [5.41, 5.74) is 1.63. The molecule has 0 saturated carbocycles. The van der Waals surface area contributed by atoms with Gasteiger partial charge in [0.05, 0.1) is 22.8 Å². The molecule has 11 heteroatoms. The van der Waals surface area contributed by atoms with Crippen molar-refractivity contribution in [2.24, 2.45) is 0 Å². The summed E-state index contributed by atoms with van der Waals surface area (Å²) >= 11 is 2.69. The van der Waals surface area contributed by atoms with E-state index in [9.17, 15) is 19.7 Å². The maximum Gasteiger partial charge on any atom is 0.338 e. The Balaban J connectivity index is 1.89. The first-order chi connectivity index (χ1) is 14.0. The van der Waals surface area contributed by atoms with Crippen molar-refractivity contribution in [2.45, 2.75) is 16.2 Å². The zero-order valence-electron chi connectivity index (χ0n) is 15.0. The number of amides is 1. The van der Waals surface area contributed by atoms with E-state index in [1.807, 2.05) is 6.07 Å². The van der Waals surface area contributed by atoms with Crippen LogP contribution in [0.25, 0.3) is 0 Å². The highest BCUT2D eigenvalue weighted by atomic mass is 32.2. The predicted molar refractivity (Wildman–Crippen MR) is 107 cm³/mol. The smallest absolute Gasteiger partial charge is 0.338 e. The maximum atomic E-state index is 12.8. The van der Waals surface area contributed by atoms with Crippen LogP contribution in [0.2, 0.25) is 0 Å². The minimum absolute atomic E-state index is 0.0297. The lowest BCUT2D eigenvalue weighted by atomic mass is 10.1. The molecule has 0 fully saturated rings. The standard InChI is InChI=1S/C18H14N4O5S2/c1-2-27-17(24)12-7-11(8-13(9-12)22(25)26)16(23)20-14-5-3-4-6-15(14)29-18-21-19-10-28-18/h3-10H,2H2,1H3,(H,20,23). The first-order valence-electron chi connectivity index (χ1n) is 8.29. The van der Waals surface area contributed by atoms with Crippen molar-refractivity contribution in [3.05, 3.63) is 69.2 Å². The SMILES string of the molecule is CCOC(=O)c1cc(C(=O)Nc2ccccc2Sc2nncs2)cc([N+](=O)[O-])c1. The van der Waals surface area contributed by atoms with Crippen LogP contribution in [-0.2, 0) is 4.74 Å². The van der Waals surface area contributed by atoms with E-state index in [0.29, 0.717) is 10.0 Å². The van der Waals surface area contributed by atoms with Gasteiger partial charge >= 0.3 is 5.97 Å². The molecule has 0 atom stereocenters. The van der Waals surface area contributed by atoms with Gasteiger partial charge in [-0.1, -0.05) is 35.2 Å². The van der Waals surface area contributed by atoms with Gasteiger partial charge in [-0.05, 0) is 25.1 Å². The van der Waals surface area contributed by atoms with E-state index in [0.717, 1.165) is 17.0 Å². The molecule has 0 aliphatic carbocycles. The molecule has 3 rings (SSSR count). The topological polar surface area (TPSA) is 124 Å². The van der Waals surface area contributed by atoms with Crippen molar-refractivity contribution in [3.8, 4) is 0 Å². The van der Waals surface area contributed by atoms with Gasteiger partial charge < -0.3 is 10.1 Å². The molecule has 1 N–H and O–H groups in total. The van der Waals surface area contributed by atoms with Crippen LogP contribution in [0.5, 0.6) is 0 Å². The second kappa shape index (κ2) is 9.26. The number of hydrogen-bond donors (Lipinski definition) is 1. The molecule has 0 saturated heterocycles. The van der Waals surface area contributed by atoms with Crippen molar-refractivity contribution >= 4 is 46.3 Å². The molecule has 0 aliphatic heterocycles. The number of para-hydroxylation sites is 1. The third-order valence-corrected chi connectivity index (χ3v) is 5.43. The van der Waals surface area contributed by atoms with Gasteiger partial charge in [-0.3, -0.25) is 14.9 Å². The second-order valence-electron chi connectivity index (χ2n) is 5.50. The molecular formula is C18H14N4O5S2. The number of nitrogens with one attached hydrogen (secondary N) is 1. The summed E-state index contributed by atoms with van der Waals surface area (Å²) in [5, 5.41) is 21.7. The molecule has 0 spiro atoms. The summed E-state index contributed by atoms with van der Waals surface area (Å²) in [6.07, 6.45) is 0. The van der Waals surface area contributed by atoms with E-state index in [1.165, 1.54) is 29.2 Å². The van der Waals surface area contributed by atoms with Gasteiger partial charge in [-0.15, -0.1) is 10.2 Å². The van der Waals surface area contributed by atoms with Gasteiger partial charge in [-0.25, -0.2) is 4.79 Å². The van der Waals surface area contributed by atoms with Gasteiger partial charge in [0.2, 0.25) is 0 Å². The Labute approximate surface area is 173 Å². The molecule has 148 valence electrons. The number of anilines is 1. The van der Waals surface area contributed by atoms with Gasteiger partial charge in [-0.2, -0.15) is 0 Å². The van der Waals surface area contributed by atoms with Gasteiger partial charge in [0.25, 0.3) is 11.6 Å². The Bertz CT molecular complexity index is 1060. The highest BCUT2D eigenvalue weighted by Gasteiger charge is 2.19. The Kier molecular flexibility index (Phi) is 6.52. The average molecular weight is 430 g/mol. The van der Waals surface area contributed by atoms with E-state index in [2.05, 4.69) is 15.5 Å². The molecular weight excluding hydrogens is 416 g/mol. The number of carbonyl (C=O) groups excluding carboxylic acids is 2. The fourth-order valence-electron chi connectivity index (χ4n) is 2.33. The Hall–Kier alpha value is -3.31. The van der Waals surface area contributed by atoms with E-state index in [-0.39, 0.29) is 23.4 Å². The number of rotatable bonds is 7. The van der Waals surface area contributed by atoms with Crippen LogP contribution in [0.4, 0.5) is 11.4 Å². The number of esters is 1. The van der Waals surface area contributed by atoms with E-state index in [1.54, 1.807) is 30.6 Å². The summed E-state index contributed by atoms with van der Waals surface area (Å²) < 4.78 is 5.59. The van der Waals surface area contributed by atoms with Crippen LogP contribution >= 0.6 is 23.1 Å². The first kappa shape index (κ1) is 20.4. The first-order valence-corrected chi connectivity index (χ1v) is 9.98. The van der Waals surface area contributed by atoms with Crippen LogP contribution in [0.3, 0.4) is 0 Å². The molecule has 29 heavy (non-hydrogen) atoms. The lowest BCUT2D eigenvalue weighted by molar-refractivity contribution is -0.384. The van der Waals surface area contributed by atoms with Gasteiger partial charge in [0.1, 0.15) is 5.51 Å². The van der Waals surface area contributed by atoms with Crippen LogP contribution in [-0.4, -0.2) is 33.6 Å². The number of aromatic nitrogens is 2. The summed E-state index contributed by atoms with van der Waals surface area (Å²) in [7, 11) is 0. The van der Waals surface area contributed by atoms with Crippen molar-refractivity contribution in [3.63, 3.8) is 0 Å². The minimum atomic E-state index is -0.738. The zero-order valence-corrected chi connectivity index (χ0v) is 16.7. The van der Waals surface area contributed by atoms with Crippen LogP contribution < -0.4 is 5.32 Å². The molecule has 0 unspecified atom stereocenters. The lowest BCUT2D eigenvalue weighted by Gasteiger charge is -2.10. The van der Waals surface area contributed by atoms with Crippen molar-refractivity contribution in [1.29, 1.82) is 0 Å². The van der Waals surface area contributed by atoms with Crippen molar-refractivity contribution in [1.82, 2.24) is 10.2 Å².